The normalized spacial score (nSPS) is 34.7. The summed E-state index contributed by atoms with van der Waals surface area (Å²) >= 11 is 0. The molecule has 0 spiro atoms. The van der Waals surface area contributed by atoms with E-state index in [0.717, 1.165) is 18.0 Å². The van der Waals surface area contributed by atoms with Gasteiger partial charge in [-0.1, -0.05) is 20.3 Å². The molecule has 14 heavy (non-hydrogen) atoms. The van der Waals surface area contributed by atoms with Crippen molar-refractivity contribution in [3.05, 3.63) is 0 Å². The Labute approximate surface area is 88.1 Å². The molecule has 2 fully saturated rings. The zero-order valence-electron chi connectivity index (χ0n) is 9.63. The highest BCUT2D eigenvalue weighted by molar-refractivity contribution is 4.95. The van der Waals surface area contributed by atoms with Gasteiger partial charge in [0, 0.05) is 18.6 Å². The summed E-state index contributed by atoms with van der Waals surface area (Å²) < 4.78 is 0. The van der Waals surface area contributed by atoms with Crippen LogP contribution in [0.15, 0.2) is 0 Å². The Bertz CT molecular complexity index is 181. The third kappa shape index (κ3) is 2.12. The summed E-state index contributed by atoms with van der Waals surface area (Å²) in [6.45, 7) is 8.53. The molecule has 3 atom stereocenters. The maximum absolute atomic E-state index is 3.76. The van der Waals surface area contributed by atoms with Crippen molar-refractivity contribution >= 4 is 0 Å². The van der Waals surface area contributed by atoms with E-state index >= 15 is 0 Å². The van der Waals surface area contributed by atoms with Crippen LogP contribution in [0.4, 0.5) is 0 Å². The SMILES string of the molecule is CCC(C)CNC1CCN2CCCC12. The van der Waals surface area contributed by atoms with Gasteiger partial charge in [-0.05, 0) is 38.3 Å². The second-order valence-corrected chi connectivity index (χ2v) is 5.06. The first-order chi connectivity index (χ1) is 6.81. The van der Waals surface area contributed by atoms with E-state index < -0.39 is 0 Å². The molecule has 3 unspecified atom stereocenters. The molecule has 0 aromatic rings. The second kappa shape index (κ2) is 4.63. The number of hydrogen-bond donors (Lipinski definition) is 1. The molecule has 0 aromatic heterocycles. The number of hydrogen-bond acceptors (Lipinski definition) is 2. The molecular weight excluding hydrogens is 172 g/mol. The lowest BCUT2D eigenvalue weighted by Gasteiger charge is -2.22. The smallest absolute Gasteiger partial charge is 0.0250 e. The van der Waals surface area contributed by atoms with Crippen molar-refractivity contribution < 1.29 is 0 Å². The van der Waals surface area contributed by atoms with Gasteiger partial charge in [-0.25, -0.2) is 0 Å². The van der Waals surface area contributed by atoms with Gasteiger partial charge in [0.05, 0.1) is 0 Å². The minimum Gasteiger partial charge on any atom is -0.312 e. The fraction of sp³-hybridized carbons (Fsp3) is 1.00. The first-order valence-corrected chi connectivity index (χ1v) is 6.28. The molecule has 0 amide bonds. The van der Waals surface area contributed by atoms with Crippen molar-refractivity contribution in [3.8, 4) is 0 Å². The maximum atomic E-state index is 3.76. The van der Waals surface area contributed by atoms with E-state index in [1.54, 1.807) is 0 Å². The summed E-state index contributed by atoms with van der Waals surface area (Å²) in [5.41, 5.74) is 0. The van der Waals surface area contributed by atoms with Gasteiger partial charge >= 0.3 is 0 Å². The van der Waals surface area contributed by atoms with Gasteiger partial charge in [-0.2, -0.15) is 0 Å². The fourth-order valence-electron chi connectivity index (χ4n) is 2.82. The Hall–Kier alpha value is -0.0800. The molecule has 2 nitrogen and oxygen atoms in total. The third-order valence-electron chi connectivity index (χ3n) is 4.03. The van der Waals surface area contributed by atoms with Gasteiger partial charge < -0.3 is 5.32 Å². The lowest BCUT2D eigenvalue weighted by Crippen LogP contribution is -2.40. The summed E-state index contributed by atoms with van der Waals surface area (Å²) in [5.74, 6) is 0.838. The predicted molar refractivity (Wildman–Crippen MR) is 60.5 cm³/mol. The van der Waals surface area contributed by atoms with Crippen LogP contribution in [0.25, 0.3) is 0 Å². The molecule has 1 N–H and O–H groups in total. The van der Waals surface area contributed by atoms with Crippen LogP contribution in [0.2, 0.25) is 0 Å². The molecule has 82 valence electrons. The van der Waals surface area contributed by atoms with Crippen LogP contribution < -0.4 is 5.32 Å². The van der Waals surface area contributed by atoms with E-state index in [9.17, 15) is 0 Å². The molecule has 0 aromatic carbocycles. The highest BCUT2D eigenvalue weighted by Crippen LogP contribution is 2.27. The number of fused-ring (bicyclic) bond motifs is 1. The number of nitrogens with one attached hydrogen (secondary N) is 1. The quantitative estimate of drug-likeness (QED) is 0.738. The monoisotopic (exact) mass is 196 g/mol. The largest absolute Gasteiger partial charge is 0.312 e. The fourth-order valence-corrected chi connectivity index (χ4v) is 2.82. The van der Waals surface area contributed by atoms with Crippen molar-refractivity contribution in [2.45, 2.75) is 51.6 Å². The maximum Gasteiger partial charge on any atom is 0.0250 e. The summed E-state index contributed by atoms with van der Waals surface area (Å²) in [4.78, 5) is 2.67. The standard InChI is InChI=1S/C12H24N2/c1-3-10(2)9-13-11-6-8-14-7-4-5-12(11)14/h10-13H,3-9H2,1-2H3. The van der Waals surface area contributed by atoms with Crippen molar-refractivity contribution in [1.29, 1.82) is 0 Å². The summed E-state index contributed by atoms with van der Waals surface area (Å²) in [7, 11) is 0. The van der Waals surface area contributed by atoms with E-state index in [2.05, 4.69) is 24.1 Å². The average molecular weight is 196 g/mol. The summed E-state index contributed by atoms with van der Waals surface area (Å²) in [6.07, 6.45) is 5.53. The van der Waals surface area contributed by atoms with Gasteiger partial charge in [0.1, 0.15) is 0 Å². The third-order valence-corrected chi connectivity index (χ3v) is 4.03. The van der Waals surface area contributed by atoms with E-state index in [4.69, 9.17) is 0 Å². The first kappa shape index (κ1) is 10.4. The van der Waals surface area contributed by atoms with Gasteiger partial charge in [0.25, 0.3) is 0 Å². The molecule has 2 aliphatic heterocycles. The van der Waals surface area contributed by atoms with Crippen LogP contribution >= 0.6 is 0 Å². The van der Waals surface area contributed by atoms with Gasteiger partial charge in [0.15, 0.2) is 0 Å². The Morgan fingerprint density at radius 3 is 3.00 bits per heavy atom. The van der Waals surface area contributed by atoms with Crippen LogP contribution in [0, 0.1) is 5.92 Å². The Kier molecular flexibility index (Phi) is 3.45. The highest BCUT2D eigenvalue weighted by Gasteiger charge is 2.36. The molecule has 0 radical (unpaired) electrons. The predicted octanol–water partition coefficient (Wildman–Crippen LogP) is 1.86. The van der Waals surface area contributed by atoms with E-state index in [-0.39, 0.29) is 0 Å². The zero-order chi connectivity index (χ0) is 9.97. The highest BCUT2D eigenvalue weighted by atomic mass is 15.2. The van der Waals surface area contributed by atoms with Crippen molar-refractivity contribution in [2.24, 2.45) is 5.92 Å². The first-order valence-electron chi connectivity index (χ1n) is 6.28. The zero-order valence-corrected chi connectivity index (χ0v) is 9.63. The molecule has 2 rings (SSSR count). The van der Waals surface area contributed by atoms with Crippen molar-refractivity contribution in [1.82, 2.24) is 10.2 Å². The lowest BCUT2D eigenvalue weighted by molar-refractivity contribution is 0.294. The van der Waals surface area contributed by atoms with Gasteiger partial charge in [-0.15, -0.1) is 0 Å². The van der Waals surface area contributed by atoms with Crippen LogP contribution in [0.5, 0.6) is 0 Å². The van der Waals surface area contributed by atoms with Crippen LogP contribution in [0.3, 0.4) is 0 Å². The van der Waals surface area contributed by atoms with Gasteiger partial charge in [-0.3, -0.25) is 4.90 Å². The minimum atomic E-state index is 0.798. The number of rotatable bonds is 4. The van der Waals surface area contributed by atoms with E-state index in [0.29, 0.717) is 0 Å². The molecule has 2 aliphatic rings. The molecule has 2 heteroatoms. The van der Waals surface area contributed by atoms with Crippen LogP contribution in [-0.2, 0) is 0 Å². The molecule has 2 saturated heterocycles. The Morgan fingerprint density at radius 1 is 1.36 bits per heavy atom. The van der Waals surface area contributed by atoms with Crippen LogP contribution in [-0.4, -0.2) is 36.6 Å². The molecule has 0 bridgehead atoms. The topological polar surface area (TPSA) is 15.3 Å². The average Bonchev–Trinajstić information content (AvgIpc) is 2.76. The van der Waals surface area contributed by atoms with E-state index in [1.807, 2.05) is 0 Å². The Morgan fingerprint density at radius 2 is 2.21 bits per heavy atom. The van der Waals surface area contributed by atoms with Gasteiger partial charge in [0.2, 0.25) is 0 Å². The summed E-state index contributed by atoms with van der Waals surface area (Å²) in [6, 6.07) is 1.67. The van der Waals surface area contributed by atoms with E-state index in [1.165, 1.54) is 45.3 Å². The second-order valence-electron chi connectivity index (χ2n) is 5.06. The summed E-state index contributed by atoms with van der Waals surface area (Å²) in [5, 5.41) is 3.76. The van der Waals surface area contributed by atoms with Crippen molar-refractivity contribution in [2.75, 3.05) is 19.6 Å². The molecule has 2 heterocycles. The Balaban J connectivity index is 1.76. The molecule has 0 aliphatic carbocycles. The number of nitrogens with zero attached hydrogens (tertiary/aromatic N) is 1. The lowest BCUT2D eigenvalue weighted by atomic mass is 10.0. The molecule has 0 saturated carbocycles. The molecular formula is C12H24N2. The minimum absolute atomic E-state index is 0.798. The van der Waals surface area contributed by atoms with Crippen LogP contribution in [0.1, 0.15) is 39.5 Å². The van der Waals surface area contributed by atoms with Crippen molar-refractivity contribution in [3.63, 3.8) is 0 Å².